The maximum absolute atomic E-state index is 14.1. The summed E-state index contributed by atoms with van der Waals surface area (Å²) in [5, 5.41) is 3.42. The van der Waals surface area contributed by atoms with Crippen molar-refractivity contribution >= 4 is 39.1 Å². The van der Waals surface area contributed by atoms with E-state index in [1.54, 1.807) is 30.3 Å². The summed E-state index contributed by atoms with van der Waals surface area (Å²) in [5.74, 6) is -0.612. The summed E-state index contributed by atoms with van der Waals surface area (Å²) in [6, 6.07) is 20.9. The Hall–Kier alpha value is -3.36. The highest BCUT2D eigenvalue weighted by Gasteiger charge is 2.33. The van der Waals surface area contributed by atoms with Gasteiger partial charge in [-0.3, -0.25) is 13.9 Å². The lowest BCUT2D eigenvalue weighted by Gasteiger charge is -2.34. The Kier molecular flexibility index (Phi) is 10.8. The first-order valence-corrected chi connectivity index (χ1v) is 15.5. The van der Waals surface area contributed by atoms with Crippen LogP contribution in [-0.2, 0) is 32.6 Å². The molecule has 3 rings (SSSR count). The van der Waals surface area contributed by atoms with E-state index in [9.17, 15) is 18.0 Å². The zero-order chi connectivity index (χ0) is 29.4. The molecule has 0 radical (unpaired) electrons. The number of benzene rings is 3. The van der Waals surface area contributed by atoms with Gasteiger partial charge in [0.05, 0.1) is 11.9 Å². The maximum Gasteiger partial charge on any atom is 0.244 e. The molecule has 1 unspecified atom stereocenters. The molecule has 0 aliphatic heterocycles. The van der Waals surface area contributed by atoms with Crippen LogP contribution in [0.25, 0.3) is 0 Å². The Bertz CT molecular complexity index is 1430. The monoisotopic (exact) mass is 583 g/mol. The number of sulfonamides is 1. The molecule has 214 valence electrons. The summed E-state index contributed by atoms with van der Waals surface area (Å²) >= 11 is 6.48. The topological polar surface area (TPSA) is 86.8 Å². The Morgan fingerprint density at radius 2 is 1.57 bits per heavy atom. The summed E-state index contributed by atoms with van der Waals surface area (Å²) in [6.07, 6.45) is 1.33. The molecule has 0 fully saturated rings. The van der Waals surface area contributed by atoms with Crippen LogP contribution < -0.4 is 9.62 Å². The predicted octanol–water partition coefficient (Wildman–Crippen LogP) is 5.14. The third-order valence-electron chi connectivity index (χ3n) is 6.71. The normalized spacial score (nSPS) is 12.2. The van der Waals surface area contributed by atoms with Gasteiger partial charge in [0, 0.05) is 24.5 Å². The minimum atomic E-state index is -3.82. The second-order valence-corrected chi connectivity index (χ2v) is 12.8. The first-order valence-electron chi connectivity index (χ1n) is 13.3. The summed E-state index contributed by atoms with van der Waals surface area (Å²) in [4.78, 5) is 29.2. The summed E-state index contributed by atoms with van der Waals surface area (Å²) in [5.41, 5.74) is 3.83. The first kappa shape index (κ1) is 31.2. The van der Waals surface area contributed by atoms with E-state index in [2.05, 4.69) is 5.32 Å². The van der Waals surface area contributed by atoms with Crippen LogP contribution in [0, 0.1) is 19.8 Å². The highest BCUT2D eigenvalue weighted by molar-refractivity contribution is 7.92. The van der Waals surface area contributed by atoms with Crippen molar-refractivity contribution in [2.75, 3.05) is 23.7 Å². The molecule has 0 spiro atoms. The number of nitrogens with one attached hydrogen (secondary N) is 1. The smallest absolute Gasteiger partial charge is 0.244 e. The second kappa shape index (κ2) is 13.8. The standard InChI is InChI=1S/C31H38ClN3O4S/c1-22(2)19-33-31(37)29(18-25-11-7-6-8-12-25)34(20-26-13-9-10-14-28(26)32)30(36)21-35(40(5,38)39)27-16-15-23(3)24(4)17-27/h6-17,22,29H,18-21H2,1-5H3,(H,33,37). The molecule has 0 saturated heterocycles. The van der Waals surface area contributed by atoms with Crippen molar-refractivity contribution in [3.8, 4) is 0 Å². The fourth-order valence-electron chi connectivity index (χ4n) is 4.28. The minimum absolute atomic E-state index is 0.0373. The number of carbonyl (C=O) groups is 2. The Morgan fingerprint density at radius 3 is 2.17 bits per heavy atom. The molecule has 0 saturated carbocycles. The maximum atomic E-state index is 14.1. The van der Waals surface area contributed by atoms with Gasteiger partial charge in [0.1, 0.15) is 12.6 Å². The van der Waals surface area contributed by atoms with Gasteiger partial charge < -0.3 is 10.2 Å². The SMILES string of the molecule is Cc1ccc(N(CC(=O)N(Cc2ccccc2Cl)C(Cc2ccccc2)C(=O)NCC(C)C)S(C)(=O)=O)cc1C. The molecular weight excluding hydrogens is 546 g/mol. The van der Waals surface area contributed by atoms with Crippen molar-refractivity contribution in [2.24, 2.45) is 5.92 Å². The molecule has 1 N–H and O–H groups in total. The van der Waals surface area contributed by atoms with Crippen molar-refractivity contribution in [1.82, 2.24) is 10.2 Å². The van der Waals surface area contributed by atoms with E-state index >= 15 is 0 Å². The van der Waals surface area contributed by atoms with Gasteiger partial charge in [-0.2, -0.15) is 0 Å². The first-order chi connectivity index (χ1) is 18.9. The van der Waals surface area contributed by atoms with Gasteiger partial charge in [-0.05, 0) is 60.2 Å². The largest absolute Gasteiger partial charge is 0.354 e. The third-order valence-corrected chi connectivity index (χ3v) is 8.22. The molecule has 0 heterocycles. The molecular formula is C31H38ClN3O4S. The average Bonchev–Trinajstić information content (AvgIpc) is 2.90. The van der Waals surface area contributed by atoms with Gasteiger partial charge in [-0.25, -0.2) is 8.42 Å². The average molecular weight is 584 g/mol. The number of hydrogen-bond donors (Lipinski definition) is 1. The quantitative estimate of drug-likeness (QED) is 0.320. The van der Waals surface area contributed by atoms with Gasteiger partial charge in [0.2, 0.25) is 21.8 Å². The second-order valence-electron chi connectivity index (χ2n) is 10.5. The van der Waals surface area contributed by atoms with Crippen molar-refractivity contribution < 1.29 is 18.0 Å². The van der Waals surface area contributed by atoms with Crippen LogP contribution in [0.5, 0.6) is 0 Å². The molecule has 9 heteroatoms. The molecule has 40 heavy (non-hydrogen) atoms. The van der Waals surface area contributed by atoms with Crippen LogP contribution in [0.2, 0.25) is 5.02 Å². The van der Waals surface area contributed by atoms with Gasteiger partial charge in [0.15, 0.2) is 0 Å². The predicted molar refractivity (Wildman–Crippen MR) is 162 cm³/mol. The van der Waals surface area contributed by atoms with E-state index < -0.39 is 28.5 Å². The van der Waals surface area contributed by atoms with Gasteiger partial charge >= 0.3 is 0 Å². The molecule has 3 aromatic carbocycles. The van der Waals surface area contributed by atoms with Crippen LogP contribution in [0.3, 0.4) is 0 Å². The molecule has 3 aromatic rings. The van der Waals surface area contributed by atoms with E-state index in [0.29, 0.717) is 22.8 Å². The number of hydrogen-bond acceptors (Lipinski definition) is 4. The molecule has 7 nitrogen and oxygen atoms in total. The molecule has 2 amide bonds. The lowest BCUT2D eigenvalue weighted by atomic mass is 10.0. The zero-order valence-electron chi connectivity index (χ0n) is 23.7. The number of nitrogens with zero attached hydrogens (tertiary/aromatic N) is 2. The fourth-order valence-corrected chi connectivity index (χ4v) is 5.32. The van der Waals surface area contributed by atoms with Crippen molar-refractivity contribution in [3.63, 3.8) is 0 Å². The molecule has 0 aliphatic rings. The number of aryl methyl sites for hydroxylation is 2. The fraction of sp³-hybridized carbons (Fsp3) is 0.355. The van der Waals surface area contributed by atoms with E-state index in [-0.39, 0.29) is 24.8 Å². The van der Waals surface area contributed by atoms with Crippen LogP contribution in [-0.4, -0.2) is 50.5 Å². The zero-order valence-corrected chi connectivity index (χ0v) is 25.3. The van der Waals surface area contributed by atoms with Crippen molar-refractivity contribution in [3.05, 3.63) is 100 Å². The van der Waals surface area contributed by atoms with Crippen LogP contribution in [0.1, 0.15) is 36.1 Å². The molecule has 0 aromatic heterocycles. The number of amides is 2. The summed E-state index contributed by atoms with van der Waals surface area (Å²) in [6.45, 7) is 7.82. The highest BCUT2D eigenvalue weighted by atomic mass is 35.5. The summed E-state index contributed by atoms with van der Waals surface area (Å²) in [7, 11) is -3.82. The van der Waals surface area contributed by atoms with Crippen molar-refractivity contribution in [2.45, 2.75) is 46.7 Å². The Morgan fingerprint density at radius 1 is 0.925 bits per heavy atom. The Labute approximate surface area is 243 Å². The number of rotatable bonds is 12. The third kappa shape index (κ3) is 8.57. The van der Waals surface area contributed by atoms with E-state index in [1.807, 2.05) is 70.2 Å². The van der Waals surface area contributed by atoms with Crippen LogP contribution >= 0.6 is 11.6 Å². The van der Waals surface area contributed by atoms with Crippen LogP contribution in [0.15, 0.2) is 72.8 Å². The highest BCUT2D eigenvalue weighted by Crippen LogP contribution is 2.24. The van der Waals surface area contributed by atoms with Crippen molar-refractivity contribution in [1.29, 1.82) is 0 Å². The number of halogens is 1. The van der Waals surface area contributed by atoms with E-state index in [1.165, 1.54) is 4.90 Å². The van der Waals surface area contributed by atoms with Gasteiger partial charge in [-0.1, -0.05) is 80.0 Å². The number of carbonyl (C=O) groups excluding carboxylic acids is 2. The van der Waals surface area contributed by atoms with E-state index in [4.69, 9.17) is 11.6 Å². The minimum Gasteiger partial charge on any atom is -0.354 e. The van der Waals surface area contributed by atoms with E-state index in [0.717, 1.165) is 27.3 Å². The molecule has 1 atom stereocenters. The molecule has 0 aliphatic carbocycles. The van der Waals surface area contributed by atoms with Gasteiger partial charge in [-0.15, -0.1) is 0 Å². The Balaban J connectivity index is 2.07. The number of anilines is 1. The van der Waals surface area contributed by atoms with Crippen LogP contribution in [0.4, 0.5) is 5.69 Å². The van der Waals surface area contributed by atoms with Gasteiger partial charge in [0.25, 0.3) is 0 Å². The lowest BCUT2D eigenvalue weighted by molar-refractivity contribution is -0.140. The lowest BCUT2D eigenvalue weighted by Crippen LogP contribution is -2.53. The molecule has 0 bridgehead atoms. The summed E-state index contributed by atoms with van der Waals surface area (Å²) < 4.78 is 26.9.